The first-order chi connectivity index (χ1) is 12.5. The highest BCUT2D eigenvalue weighted by Gasteiger charge is 2.25. The molecule has 1 amide bonds. The molecule has 138 valence electrons. The van der Waals surface area contributed by atoms with E-state index in [4.69, 9.17) is 11.6 Å². The van der Waals surface area contributed by atoms with Crippen molar-refractivity contribution in [3.05, 3.63) is 57.1 Å². The summed E-state index contributed by atoms with van der Waals surface area (Å²) < 4.78 is 2.10. The summed E-state index contributed by atoms with van der Waals surface area (Å²) in [6.45, 7) is 6.37. The topological polar surface area (TPSA) is 84.5 Å². The summed E-state index contributed by atoms with van der Waals surface area (Å²) >= 11 is 6.08. The van der Waals surface area contributed by atoms with E-state index in [1.165, 1.54) is 18.2 Å². The molecule has 8 nitrogen and oxygen atoms in total. The number of amides is 1. The number of halogens is 1. The SMILES string of the molecule is Cc1nccn1CCN1CCN(C(=O)c2cc([N+](=O)[O-])ccc2Cl)CC1. The molecule has 0 bridgehead atoms. The van der Waals surface area contributed by atoms with Crippen LogP contribution in [0, 0.1) is 17.0 Å². The molecule has 3 rings (SSSR count). The van der Waals surface area contributed by atoms with Crippen molar-refractivity contribution in [1.29, 1.82) is 0 Å². The van der Waals surface area contributed by atoms with Gasteiger partial charge in [0.2, 0.25) is 0 Å². The number of non-ortho nitro benzene ring substituents is 1. The van der Waals surface area contributed by atoms with E-state index in [9.17, 15) is 14.9 Å². The zero-order chi connectivity index (χ0) is 18.7. The van der Waals surface area contributed by atoms with Crippen molar-refractivity contribution < 1.29 is 9.72 Å². The number of carbonyl (C=O) groups excluding carboxylic acids is 1. The number of nitrogens with zero attached hydrogens (tertiary/aromatic N) is 5. The summed E-state index contributed by atoms with van der Waals surface area (Å²) in [7, 11) is 0. The number of carbonyl (C=O) groups is 1. The molecule has 1 saturated heterocycles. The molecule has 0 radical (unpaired) electrons. The summed E-state index contributed by atoms with van der Waals surface area (Å²) in [4.78, 5) is 31.3. The number of rotatable bonds is 5. The average molecular weight is 378 g/mol. The van der Waals surface area contributed by atoms with Crippen LogP contribution in [0.15, 0.2) is 30.6 Å². The molecule has 1 aromatic heterocycles. The van der Waals surface area contributed by atoms with Crippen LogP contribution in [0.25, 0.3) is 0 Å². The highest BCUT2D eigenvalue weighted by Crippen LogP contribution is 2.24. The number of aryl methyl sites for hydroxylation is 1. The lowest BCUT2D eigenvalue weighted by atomic mass is 10.1. The second kappa shape index (κ2) is 7.84. The Morgan fingerprint density at radius 3 is 2.62 bits per heavy atom. The van der Waals surface area contributed by atoms with Crippen LogP contribution in [0.5, 0.6) is 0 Å². The van der Waals surface area contributed by atoms with Crippen molar-refractivity contribution in [1.82, 2.24) is 19.4 Å². The number of nitro benzene ring substituents is 1. The number of hydrogen-bond acceptors (Lipinski definition) is 5. The van der Waals surface area contributed by atoms with Crippen molar-refractivity contribution in [2.75, 3.05) is 32.7 Å². The van der Waals surface area contributed by atoms with Gasteiger partial charge in [-0.05, 0) is 13.0 Å². The van der Waals surface area contributed by atoms with E-state index >= 15 is 0 Å². The minimum Gasteiger partial charge on any atom is -0.336 e. The second-order valence-electron chi connectivity index (χ2n) is 6.22. The van der Waals surface area contributed by atoms with Gasteiger partial charge in [0.15, 0.2) is 0 Å². The van der Waals surface area contributed by atoms with Crippen LogP contribution in [0.3, 0.4) is 0 Å². The number of aromatic nitrogens is 2. The quantitative estimate of drug-likeness (QED) is 0.589. The van der Waals surface area contributed by atoms with Gasteiger partial charge in [-0.15, -0.1) is 0 Å². The van der Waals surface area contributed by atoms with E-state index in [0.29, 0.717) is 13.1 Å². The van der Waals surface area contributed by atoms with Crippen molar-refractivity contribution in [3.63, 3.8) is 0 Å². The first-order valence-electron chi connectivity index (χ1n) is 8.39. The number of imidazole rings is 1. The fraction of sp³-hybridized carbons (Fsp3) is 0.412. The standard InChI is InChI=1S/C17H20ClN5O3/c1-13-19-4-5-21(13)9-6-20-7-10-22(11-8-20)17(24)15-12-14(23(25)26)2-3-16(15)18/h2-5,12H,6-11H2,1H3. The highest BCUT2D eigenvalue weighted by molar-refractivity contribution is 6.33. The van der Waals surface area contributed by atoms with Crippen LogP contribution in [-0.4, -0.2) is 62.9 Å². The van der Waals surface area contributed by atoms with Gasteiger partial charge in [0.05, 0.1) is 15.5 Å². The molecule has 9 heteroatoms. The smallest absolute Gasteiger partial charge is 0.270 e. The largest absolute Gasteiger partial charge is 0.336 e. The third kappa shape index (κ3) is 4.03. The van der Waals surface area contributed by atoms with Gasteiger partial charge in [-0.2, -0.15) is 0 Å². The predicted molar refractivity (Wildman–Crippen MR) is 97.4 cm³/mol. The molecule has 0 spiro atoms. The van der Waals surface area contributed by atoms with Crippen LogP contribution in [0.4, 0.5) is 5.69 Å². The molecule has 1 aliphatic rings. The van der Waals surface area contributed by atoms with Gasteiger partial charge in [-0.1, -0.05) is 11.6 Å². The summed E-state index contributed by atoms with van der Waals surface area (Å²) in [5, 5.41) is 11.2. The van der Waals surface area contributed by atoms with E-state index in [2.05, 4.69) is 14.5 Å². The first-order valence-corrected chi connectivity index (χ1v) is 8.77. The van der Waals surface area contributed by atoms with Crippen LogP contribution in [0.1, 0.15) is 16.2 Å². The van der Waals surface area contributed by atoms with Crippen LogP contribution >= 0.6 is 11.6 Å². The number of nitro groups is 1. The monoisotopic (exact) mass is 377 g/mol. The minimum absolute atomic E-state index is 0.132. The second-order valence-corrected chi connectivity index (χ2v) is 6.63. The van der Waals surface area contributed by atoms with E-state index in [1.54, 1.807) is 11.1 Å². The predicted octanol–water partition coefficient (Wildman–Crippen LogP) is 2.21. The van der Waals surface area contributed by atoms with Gasteiger partial charge < -0.3 is 9.47 Å². The van der Waals surface area contributed by atoms with E-state index in [0.717, 1.165) is 32.0 Å². The number of hydrogen-bond donors (Lipinski definition) is 0. The fourth-order valence-electron chi connectivity index (χ4n) is 3.02. The summed E-state index contributed by atoms with van der Waals surface area (Å²) in [5.41, 5.74) is 0.0513. The maximum absolute atomic E-state index is 12.7. The van der Waals surface area contributed by atoms with Gasteiger partial charge in [0.25, 0.3) is 11.6 Å². The molecule has 0 atom stereocenters. The molecule has 0 saturated carbocycles. The fourth-order valence-corrected chi connectivity index (χ4v) is 3.22. The molecule has 0 aliphatic carbocycles. The summed E-state index contributed by atoms with van der Waals surface area (Å²) in [5.74, 6) is 0.725. The Bertz CT molecular complexity index is 814. The van der Waals surface area contributed by atoms with Crippen LogP contribution < -0.4 is 0 Å². The summed E-state index contributed by atoms with van der Waals surface area (Å²) in [6.07, 6.45) is 3.74. The summed E-state index contributed by atoms with van der Waals surface area (Å²) in [6, 6.07) is 3.95. The minimum atomic E-state index is -0.525. The van der Waals surface area contributed by atoms with Crippen LogP contribution in [-0.2, 0) is 6.54 Å². The van der Waals surface area contributed by atoms with E-state index < -0.39 is 4.92 Å². The van der Waals surface area contributed by atoms with Crippen molar-refractivity contribution in [2.45, 2.75) is 13.5 Å². The number of piperazine rings is 1. The molecule has 26 heavy (non-hydrogen) atoms. The zero-order valence-electron chi connectivity index (χ0n) is 14.5. The van der Waals surface area contributed by atoms with E-state index in [-0.39, 0.29) is 22.2 Å². The zero-order valence-corrected chi connectivity index (χ0v) is 15.2. The third-order valence-electron chi connectivity index (χ3n) is 4.63. The Balaban J connectivity index is 1.58. The highest BCUT2D eigenvalue weighted by atomic mass is 35.5. The van der Waals surface area contributed by atoms with E-state index in [1.807, 2.05) is 13.1 Å². The molecule has 0 unspecified atom stereocenters. The molecular weight excluding hydrogens is 358 g/mol. The van der Waals surface area contributed by atoms with Crippen LogP contribution in [0.2, 0.25) is 5.02 Å². The molecular formula is C17H20ClN5O3. The third-order valence-corrected chi connectivity index (χ3v) is 4.96. The molecule has 1 aliphatic heterocycles. The van der Waals surface area contributed by atoms with Gasteiger partial charge >= 0.3 is 0 Å². The Hall–Kier alpha value is -2.45. The molecule has 0 N–H and O–H groups in total. The van der Waals surface area contributed by atoms with Gasteiger partial charge in [-0.3, -0.25) is 19.8 Å². The number of benzene rings is 1. The first kappa shape index (κ1) is 18.3. The maximum Gasteiger partial charge on any atom is 0.270 e. The van der Waals surface area contributed by atoms with Gasteiger partial charge in [0, 0.05) is 63.8 Å². The lowest BCUT2D eigenvalue weighted by molar-refractivity contribution is -0.384. The average Bonchev–Trinajstić information content (AvgIpc) is 3.05. The van der Waals surface area contributed by atoms with Gasteiger partial charge in [0.1, 0.15) is 5.82 Å². The molecule has 1 aromatic carbocycles. The Morgan fingerprint density at radius 1 is 1.27 bits per heavy atom. The normalized spacial score (nSPS) is 15.2. The Kier molecular flexibility index (Phi) is 5.53. The van der Waals surface area contributed by atoms with Crippen molar-refractivity contribution >= 4 is 23.2 Å². The molecule has 1 fully saturated rings. The molecule has 2 heterocycles. The Morgan fingerprint density at radius 2 is 2.00 bits per heavy atom. The lowest BCUT2D eigenvalue weighted by Crippen LogP contribution is -2.49. The van der Waals surface area contributed by atoms with Crippen molar-refractivity contribution in [2.24, 2.45) is 0 Å². The Labute approximate surface area is 156 Å². The van der Waals surface area contributed by atoms with Gasteiger partial charge in [-0.25, -0.2) is 4.98 Å². The lowest BCUT2D eigenvalue weighted by Gasteiger charge is -2.35. The maximum atomic E-state index is 12.7. The van der Waals surface area contributed by atoms with Crippen molar-refractivity contribution in [3.8, 4) is 0 Å². The molecule has 2 aromatic rings.